The average molecular weight is 591 g/mol. The lowest BCUT2D eigenvalue weighted by atomic mass is 9.94. The van der Waals surface area contributed by atoms with Crippen LogP contribution >= 0.6 is 0 Å². The third-order valence-corrected chi connectivity index (χ3v) is 7.68. The second-order valence-corrected chi connectivity index (χ2v) is 10.3. The van der Waals surface area contributed by atoms with Gasteiger partial charge in [-0.3, -0.25) is 14.5 Å². The van der Waals surface area contributed by atoms with Gasteiger partial charge in [0.25, 0.3) is 11.7 Å². The quantitative estimate of drug-likeness (QED) is 0.197. The van der Waals surface area contributed by atoms with Gasteiger partial charge >= 0.3 is 0 Å². The first-order valence-corrected chi connectivity index (χ1v) is 14.2. The average Bonchev–Trinajstić information content (AvgIpc) is 3.29. The van der Waals surface area contributed by atoms with Gasteiger partial charge in [-0.25, -0.2) is 4.39 Å². The molecule has 0 bridgehead atoms. The lowest BCUT2D eigenvalue weighted by molar-refractivity contribution is -0.140. The topological polar surface area (TPSA) is 97.8 Å². The van der Waals surface area contributed by atoms with Crippen molar-refractivity contribution in [3.8, 4) is 17.2 Å². The van der Waals surface area contributed by atoms with Crippen molar-refractivity contribution in [3.63, 3.8) is 0 Å². The Morgan fingerprint density at radius 3 is 2.35 bits per heavy atom. The fourth-order valence-corrected chi connectivity index (χ4v) is 5.42. The van der Waals surface area contributed by atoms with Crippen LogP contribution < -0.4 is 14.2 Å². The van der Waals surface area contributed by atoms with E-state index in [9.17, 15) is 19.1 Å². The van der Waals surface area contributed by atoms with Crippen LogP contribution in [-0.2, 0) is 20.9 Å². The van der Waals surface area contributed by atoms with Crippen LogP contribution in [-0.4, -0.2) is 80.2 Å². The Balaban J connectivity index is 1.49. The maximum atomic E-state index is 14.6. The van der Waals surface area contributed by atoms with Gasteiger partial charge in [0.15, 0.2) is 23.1 Å². The van der Waals surface area contributed by atoms with Gasteiger partial charge in [-0.2, -0.15) is 0 Å². The van der Waals surface area contributed by atoms with Gasteiger partial charge in [-0.1, -0.05) is 36.4 Å². The maximum Gasteiger partial charge on any atom is 0.295 e. The minimum Gasteiger partial charge on any atom is -0.507 e. The van der Waals surface area contributed by atoms with Crippen molar-refractivity contribution >= 4 is 17.4 Å². The number of aliphatic hydroxyl groups excluding tert-OH is 1. The van der Waals surface area contributed by atoms with Crippen molar-refractivity contribution < 1.29 is 38.0 Å². The van der Waals surface area contributed by atoms with Gasteiger partial charge in [0.2, 0.25) is 0 Å². The summed E-state index contributed by atoms with van der Waals surface area (Å²) in [6.45, 7) is 4.22. The number of nitrogens with zero attached hydrogens (tertiary/aromatic N) is 2. The van der Waals surface area contributed by atoms with Crippen LogP contribution in [0.2, 0.25) is 0 Å². The number of rotatable bonds is 11. The summed E-state index contributed by atoms with van der Waals surface area (Å²) in [7, 11) is 2.84. The van der Waals surface area contributed by atoms with E-state index in [4.69, 9.17) is 18.9 Å². The second-order valence-electron chi connectivity index (χ2n) is 10.3. The van der Waals surface area contributed by atoms with E-state index in [1.54, 1.807) is 18.2 Å². The van der Waals surface area contributed by atoms with Crippen LogP contribution in [0.3, 0.4) is 0 Å². The highest BCUT2D eigenvalue weighted by Crippen LogP contribution is 2.42. The van der Waals surface area contributed by atoms with Gasteiger partial charge in [0.05, 0.1) is 39.0 Å². The van der Waals surface area contributed by atoms with Crippen LogP contribution in [0, 0.1) is 5.82 Å². The molecule has 1 N–H and O–H groups in total. The van der Waals surface area contributed by atoms with Crippen LogP contribution in [0.25, 0.3) is 5.76 Å². The minimum atomic E-state index is -0.924. The Morgan fingerprint density at radius 1 is 0.930 bits per heavy atom. The monoisotopic (exact) mass is 590 g/mol. The lowest BCUT2D eigenvalue weighted by Crippen LogP contribution is -2.39. The number of morpholine rings is 1. The summed E-state index contributed by atoms with van der Waals surface area (Å²) in [6, 6.07) is 17.8. The number of Topliss-reactive ketones (excluding diaryl/α,β-unsaturated/α-hetero) is 1. The van der Waals surface area contributed by atoms with Gasteiger partial charge < -0.3 is 29.0 Å². The van der Waals surface area contributed by atoms with E-state index in [0.29, 0.717) is 43.3 Å². The smallest absolute Gasteiger partial charge is 0.295 e. The molecule has 0 radical (unpaired) electrons. The molecule has 1 unspecified atom stereocenters. The molecule has 43 heavy (non-hydrogen) atoms. The standard InChI is InChI=1S/C33H35FN2O7/c1-40-26-11-10-24(19-25(26)34)31(37)29-30(36(33(39)32(29)38)14-6-13-35-15-17-42-18-16-35)23-9-12-27(28(20-23)41-2)43-21-22-7-4-3-5-8-22/h3-5,7-12,19-20,30,37H,6,13-18,21H2,1-2H3/b31-29-. The van der Waals surface area contributed by atoms with Crippen molar-refractivity contribution in [2.24, 2.45) is 0 Å². The summed E-state index contributed by atoms with van der Waals surface area (Å²) >= 11 is 0. The second kappa shape index (κ2) is 13.7. The summed E-state index contributed by atoms with van der Waals surface area (Å²) < 4.78 is 36.6. The van der Waals surface area contributed by atoms with Gasteiger partial charge in [-0.05, 0) is 47.9 Å². The van der Waals surface area contributed by atoms with E-state index in [0.717, 1.165) is 31.3 Å². The van der Waals surface area contributed by atoms with Gasteiger partial charge in [0, 0.05) is 31.7 Å². The summed E-state index contributed by atoms with van der Waals surface area (Å²) in [6.07, 6.45) is 0.607. The Labute approximate surface area is 250 Å². The van der Waals surface area contributed by atoms with E-state index in [2.05, 4.69) is 4.90 Å². The first-order chi connectivity index (χ1) is 20.9. The van der Waals surface area contributed by atoms with E-state index in [-0.39, 0.29) is 23.4 Å². The van der Waals surface area contributed by atoms with Crippen molar-refractivity contribution in [2.45, 2.75) is 19.1 Å². The molecule has 2 aliphatic rings. The molecule has 0 saturated carbocycles. The molecule has 1 atom stereocenters. The molecular formula is C33H35FN2O7. The Bertz CT molecular complexity index is 1490. The number of ketones is 1. The molecule has 2 heterocycles. The number of amides is 1. The SMILES string of the molecule is COc1ccc(/C(O)=C2/C(=O)C(=O)N(CCCN3CCOCC3)C2c2ccc(OCc3ccccc3)c(OC)c2)cc1F. The number of carbonyl (C=O) groups excluding carboxylic acids is 2. The van der Waals surface area contributed by atoms with E-state index in [1.807, 2.05) is 30.3 Å². The molecule has 0 aromatic heterocycles. The fraction of sp³-hybridized carbons (Fsp3) is 0.333. The summed E-state index contributed by atoms with van der Waals surface area (Å²) in [5.41, 5.74) is 1.46. The van der Waals surface area contributed by atoms with Crippen molar-refractivity contribution in [2.75, 3.05) is 53.6 Å². The molecule has 10 heteroatoms. The molecule has 2 saturated heterocycles. The number of ether oxygens (including phenoxy) is 4. The van der Waals surface area contributed by atoms with E-state index in [1.165, 1.54) is 31.3 Å². The number of likely N-dealkylation sites (tertiary alicyclic amines) is 1. The first-order valence-electron chi connectivity index (χ1n) is 14.2. The molecule has 226 valence electrons. The molecule has 2 aliphatic heterocycles. The van der Waals surface area contributed by atoms with Crippen molar-refractivity contribution in [3.05, 3.63) is 94.8 Å². The summed E-state index contributed by atoms with van der Waals surface area (Å²) in [5.74, 6) is -1.86. The highest BCUT2D eigenvalue weighted by atomic mass is 19.1. The number of halogens is 1. The largest absolute Gasteiger partial charge is 0.507 e. The van der Waals surface area contributed by atoms with Crippen LogP contribution in [0.1, 0.15) is 29.2 Å². The van der Waals surface area contributed by atoms with Crippen LogP contribution in [0.15, 0.2) is 72.3 Å². The van der Waals surface area contributed by atoms with Gasteiger partial charge in [-0.15, -0.1) is 0 Å². The maximum absolute atomic E-state index is 14.6. The zero-order valence-electron chi connectivity index (χ0n) is 24.3. The first kappa shape index (κ1) is 30.1. The minimum absolute atomic E-state index is 0.00695. The molecule has 3 aromatic rings. The zero-order chi connectivity index (χ0) is 30.3. The zero-order valence-corrected chi connectivity index (χ0v) is 24.3. The number of carbonyl (C=O) groups is 2. The molecule has 9 nitrogen and oxygen atoms in total. The molecule has 3 aromatic carbocycles. The number of hydrogen-bond acceptors (Lipinski definition) is 8. The normalized spacial score (nSPS) is 18.6. The Hall–Kier alpha value is -4.41. The van der Waals surface area contributed by atoms with E-state index >= 15 is 0 Å². The van der Waals surface area contributed by atoms with Crippen molar-refractivity contribution in [1.29, 1.82) is 0 Å². The third-order valence-electron chi connectivity index (χ3n) is 7.68. The molecule has 0 spiro atoms. The van der Waals surface area contributed by atoms with Crippen LogP contribution in [0.4, 0.5) is 4.39 Å². The number of methoxy groups -OCH3 is 2. The molecule has 1 amide bonds. The predicted molar refractivity (Wildman–Crippen MR) is 158 cm³/mol. The number of benzene rings is 3. The van der Waals surface area contributed by atoms with Gasteiger partial charge in [0.1, 0.15) is 12.4 Å². The predicted octanol–water partition coefficient (Wildman–Crippen LogP) is 4.57. The molecule has 0 aliphatic carbocycles. The van der Waals surface area contributed by atoms with Crippen molar-refractivity contribution in [1.82, 2.24) is 9.80 Å². The Kier molecular flexibility index (Phi) is 9.58. The summed E-state index contributed by atoms with van der Waals surface area (Å²) in [5, 5.41) is 11.4. The van der Waals surface area contributed by atoms with Crippen LogP contribution in [0.5, 0.6) is 17.2 Å². The Morgan fingerprint density at radius 2 is 1.65 bits per heavy atom. The highest BCUT2D eigenvalue weighted by molar-refractivity contribution is 6.46. The summed E-state index contributed by atoms with van der Waals surface area (Å²) in [4.78, 5) is 30.6. The molecular weight excluding hydrogens is 555 g/mol. The van der Waals surface area contributed by atoms with E-state index < -0.39 is 29.3 Å². The highest BCUT2D eigenvalue weighted by Gasteiger charge is 2.46. The number of hydrogen-bond donors (Lipinski definition) is 1. The third kappa shape index (κ3) is 6.65. The fourth-order valence-electron chi connectivity index (χ4n) is 5.42. The lowest BCUT2D eigenvalue weighted by Gasteiger charge is -2.29. The number of aliphatic hydroxyl groups is 1. The molecule has 5 rings (SSSR count). The molecule has 2 fully saturated rings.